The minimum atomic E-state index is -0.0456. The third-order valence-electron chi connectivity index (χ3n) is 3.74. The number of nitrogens with two attached hydrogens (primary N) is 1. The van der Waals surface area contributed by atoms with Crippen molar-refractivity contribution in [3.63, 3.8) is 0 Å². The Kier molecular flexibility index (Phi) is 7.63. The van der Waals surface area contributed by atoms with Crippen LogP contribution >= 0.6 is 34.9 Å². The zero-order valence-electron chi connectivity index (χ0n) is 15.3. The second-order valence-electron chi connectivity index (χ2n) is 5.68. The number of rotatable bonds is 10. The van der Waals surface area contributed by atoms with Crippen LogP contribution in [0.1, 0.15) is 4.88 Å². The number of amides is 1. The maximum atomic E-state index is 12.0. The zero-order chi connectivity index (χ0) is 19.8. The lowest BCUT2D eigenvalue weighted by molar-refractivity contribution is -0.118. The summed E-state index contributed by atoms with van der Waals surface area (Å²) in [6.45, 7) is 0.641. The molecule has 10 heteroatoms. The SMILES string of the molecule is COc1ccc(-c2nnc(SCC(=O)NCCSCc3cccs3)n2N)cc1. The highest BCUT2D eigenvalue weighted by Crippen LogP contribution is 2.23. The summed E-state index contributed by atoms with van der Waals surface area (Å²) in [5, 5.41) is 13.7. The lowest BCUT2D eigenvalue weighted by Crippen LogP contribution is -2.27. The highest BCUT2D eigenvalue weighted by Gasteiger charge is 2.13. The number of thiophene rings is 1. The Morgan fingerprint density at radius 2 is 2.11 bits per heavy atom. The van der Waals surface area contributed by atoms with Crippen LogP contribution in [0.25, 0.3) is 11.4 Å². The quantitative estimate of drug-likeness (QED) is 0.287. The molecule has 0 aliphatic heterocycles. The predicted octanol–water partition coefficient (Wildman–Crippen LogP) is 2.87. The number of hydrogen-bond acceptors (Lipinski definition) is 8. The molecule has 1 aromatic carbocycles. The number of thioether (sulfide) groups is 2. The Labute approximate surface area is 176 Å². The molecule has 0 unspecified atom stereocenters. The Morgan fingerprint density at radius 3 is 2.82 bits per heavy atom. The molecular weight excluding hydrogens is 414 g/mol. The lowest BCUT2D eigenvalue weighted by atomic mass is 10.2. The number of ether oxygens (including phenoxy) is 1. The number of nitrogen functional groups attached to an aromatic ring is 1. The average Bonchev–Trinajstić information content (AvgIpc) is 3.36. The van der Waals surface area contributed by atoms with E-state index in [-0.39, 0.29) is 11.7 Å². The molecule has 28 heavy (non-hydrogen) atoms. The van der Waals surface area contributed by atoms with Gasteiger partial charge in [-0.05, 0) is 35.7 Å². The molecule has 1 amide bonds. The van der Waals surface area contributed by atoms with E-state index in [1.54, 1.807) is 30.2 Å². The first-order valence-electron chi connectivity index (χ1n) is 8.52. The molecule has 0 aliphatic carbocycles. The molecule has 3 N–H and O–H groups in total. The molecule has 0 saturated heterocycles. The molecule has 0 atom stereocenters. The van der Waals surface area contributed by atoms with Crippen LogP contribution in [-0.4, -0.2) is 45.9 Å². The fraction of sp³-hybridized carbons (Fsp3) is 0.278. The second kappa shape index (κ2) is 10.4. The van der Waals surface area contributed by atoms with Gasteiger partial charge in [0.1, 0.15) is 5.75 Å². The highest BCUT2D eigenvalue weighted by molar-refractivity contribution is 7.99. The Balaban J connectivity index is 1.41. The van der Waals surface area contributed by atoms with E-state index in [1.165, 1.54) is 21.3 Å². The van der Waals surface area contributed by atoms with Crippen LogP contribution in [0.4, 0.5) is 0 Å². The monoisotopic (exact) mass is 435 g/mol. The third-order valence-corrected chi connectivity index (χ3v) is 6.75. The predicted molar refractivity (Wildman–Crippen MR) is 116 cm³/mol. The van der Waals surface area contributed by atoms with Gasteiger partial charge in [0.05, 0.1) is 12.9 Å². The molecule has 0 spiro atoms. The smallest absolute Gasteiger partial charge is 0.230 e. The van der Waals surface area contributed by atoms with E-state index in [2.05, 4.69) is 33.0 Å². The number of aromatic nitrogens is 3. The van der Waals surface area contributed by atoms with E-state index in [0.29, 0.717) is 17.5 Å². The van der Waals surface area contributed by atoms with Crippen molar-refractivity contribution in [2.24, 2.45) is 0 Å². The van der Waals surface area contributed by atoms with Gasteiger partial charge in [0, 0.05) is 28.5 Å². The number of benzene rings is 1. The molecule has 3 aromatic rings. The summed E-state index contributed by atoms with van der Waals surface area (Å²) in [6.07, 6.45) is 0. The molecule has 0 aliphatic rings. The molecule has 0 fully saturated rings. The second-order valence-corrected chi connectivity index (χ2v) is 8.76. The van der Waals surface area contributed by atoms with Gasteiger partial charge >= 0.3 is 0 Å². The van der Waals surface area contributed by atoms with E-state index < -0.39 is 0 Å². The van der Waals surface area contributed by atoms with Gasteiger partial charge in [-0.2, -0.15) is 11.8 Å². The van der Waals surface area contributed by atoms with Crippen LogP contribution in [0.2, 0.25) is 0 Å². The van der Waals surface area contributed by atoms with Gasteiger partial charge in [0.15, 0.2) is 5.82 Å². The molecule has 0 radical (unpaired) electrons. The van der Waals surface area contributed by atoms with Crippen LogP contribution < -0.4 is 15.9 Å². The summed E-state index contributed by atoms with van der Waals surface area (Å²) >= 11 is 4.82. The van der Waals surface area contributed by atoms with Crippen molar-refractivity contribution in [1.29, 1.82) is 0 Å². The summed E-state index contributed by atoms with van der Waals surface area (Å²) in [5.41, 5.74) is 0.829. The lowest BCUT2D eigenvalue weighted by Gasteiger charge is -2.06. The number of methoxy groups -OCH3 is 1. The van der Waals surface area contributed by atoms with Crippen molar-refractivity contribution in [2.45, 2.75) is 10.9 Å². The fourth-order valence-corrected chi connectivity index (χ4v) is 4.71. The van der Waals surface area contributed by atoms with Crippen LogP contribution in [0.5, 0.6) is 5.75 Å². The van der Waals surface area contributed by atoms with Crippen molar-refractivity contribution >= 4 is 40.8 Å². The number of carbonyl (C=O) groups excluding carboxylic acids is 1. The number of nitrogens with zero attached hydrogens (tertiary/aromatic N) is 3. The average molecular weight is 436 g/mol. The number of nitrogens with one attached hydrogen (secondary N) is 1. The third kappa shape index (κ3) is 5.66. The standard InChI is InChI=1S/C18H21N5O2S3/c1-25-14-6-4-13(5-7-14)17-21-22-18(23(17)19)28-12-16(24)20-8-10-26-11-15-3-2-9-27-15/h2-7,9H,8,10-12,19H2,1H3,(H,20,24). The molecule has 148 valence electrons. The van der Waals surface area contributed by atoms with Gasteiger partial charge < -0.3 is 15.9 Å². The Hall–Kier alpha value is -2.17. The minimum Gasteiger partial charge on any atom is -0.497 e. The summed E-state index contributed by atoms with van der Waals surface area (Å²) in [7, 11) is 1.61. The summed E-state index contributed by atoms with van der Waals surface area (Å²) in [6, 6.07) is 11.6. The maximum absolute atomic E-state index is 12.0. The normalized spacial score (nSPS) is 10.8. The first kappa shape index (κ1) is 20.6. The van der Waals surface area contributed by atoms with E-state index in [9.17, 15) is 4.79 Å². The van der Waals surface area contributed by atoms with Crippen LogP contribution in [-0.2, 0) is 10.5 Å². The fourth-order valence-electron chi connectivity index (χ4n) is 2.32. The van der Waals surface area contributed by atoms with Crippen LogP contribution in [0.15, 0.2) is 46.9 Å². The molecule has 2 aromatic heterocycles. The molecule has 0 saturated carbocycles. The first-order valence-corrected chi connectivity index (χ1v) is 11.5. The van der Waals surface area contributed by atoms with Gasteiger partial charge in [-0.15, -0.1) is 21.5 Å². The van der Waals surface area contributed by atoms with Gasteiger partial charge in [-0.1, -0.05) is 17.8 Å². The van der Waals surface area contributed by atoms with Gasteiger partial charge in [0.25, 0.3) is 0 Å². The van der Waals surface area contributed by atoms with E-state index in [4.69, 9.17) is 10.6 Å². The van der Waals surface area contributed by atoms with Gasteiger partial charge in [-0.25, -0.2) is 4.68 Å². The van der Waals surface area contributed by atoms with Gasteiger partial charge in [0.2, 0.25) is 11.1 Å². The summed E-state index contributed by atoms with van der Waals surface area (Å²) < 4.78 is 6.55. The molecular formula is C18H21N5O2S3. The maximum Gasteiger partial charge on any atom is 0.230 e. The van der Waals surface area contributed by atoms with Crippen molar-refractivity contribution in [3.8, 4) is 17.1 Å². The van der Waals surface area contributed by atoms with Crippen molar-refractivity contribution < 1.29 is 9.53 Å². The molecule has 3 rings (SSSR count). The minimum absolute atomic E-state index is 0.0456. The van der Waals surface area contributed by atoms with E-state index in [1.807, 2.05) is 24.3 Å². The molecule has 7 nitrogen and oxygen atoms in total. The van der Waals surface area contributed by atoms with E-state index >= 15 is 0 Å². The Bertz CT molecular complexity index is 881. The van der Waals surface area contributed by atoms with Gasteiger partial charge in [-0.3, -0.25) is 4.79 Å². The van der Waals surface area contributed by atoms with Crippen LogP contribution in [0.3, 0.4) is 0 Å². The van der Waals surface area contributed by atoms with E-state index in [0.717, 1.165) is 22.8 Å². The zero-order valence-corrected chi connectivity index (χ0v) is 17.8. The van der Waals surface area contributed by atoms with Crippen molar-refractivity contribution in [3.05, 3.63) is 46.7 Å². The van der Waals surface area contributed by atoms with Crippen LogP contribution in [0, 0.1) is 0 Å². The molecule has 2 heterocycles. The topological polar surface area (TPSA) is 95.1 Å². The number of hydrogen-bond donors (Lipinski definition) is 2. The summed E-state index contributed by atoms with van der Waals surface area (Å²) in [5.74, 6) is 9.43. The largest absolute Gasteiger partial charge is 0.497 e. The van der Waals surface area contributed by atoms with Crippen molar-refractivity contribution in [1.82, 2.24) is 20.2 Å². The van der Waals surface area contributed by atoms with Crippen molar-refractivity contribution in [2.75, 3.05) is 31.0 Å². The summed E-state index contributed by atoms with van der Waals surface area (Å²) in [4.78, 5) is 13.4. The number of carbonyl (C=O) groups is 1. The first-order chi connectivity index (χ1) is 13.7. The highest BCUT2D eigenvalue weighted by atomic mass is 32.2. The molecule has 0 bridgehead atoms. The Morgan fingerprint density at radius 1 is 1.29 bits per heavy atom.